The molecule has 5 heteroatoms. The van der Waals surface area contributed by atoms with Gasteiger partial charge >= 0.3 is 0 Å². The molecule has 0 bridgehead atoms. The molecule has 0 radical (unpaired) electrons. The van der Waals surface area contributed by atoms with E-state index in [1.54, 1.807) is 6.92 Å². The Bertz CT molecular complexity index is 346. The van der Waals surface area contributed by atoms with E-state index in [2.05, 4.69) is 5.32 Å². The van der Waals surface area contributed by atoms with Gasteiger partial charge in [0.25, 0.3) is 0 Å². The van der Waals surface area contributed by atoms with Crippen molar-refractivity contribution in [2.24, 2.45) is 5.92 Å². The Morgan fingerprint density at radius 3 is 2.42 bits per heavy atom. The molecule has 2 atom stereocenters. The van der Waals surface area contributed by atoms with Crippen molar-refractivity contribution in [3.8, 4) is 0 Å². The Morgan fingerprint density at radius 1 is 1.05 bits per heavy atom. The summed E-state index contributed by atoms with van der Waals surface area (Å²) < 4.78 is 0. The second kappa shape index (κ2) is 6.37. The third-order valence-corrected chi connectivity index (χ3v) is 4.36. The van der Waals surface area contributed by atoms with Gasteiger partial charge < -0.3 is 15.1 Å². The lowest BCUT2D eigenvalue weighted by Crippen LogP contribution is -2.51. The number of hydrogen-bond donors (Lipinski definition) is 1. The van der Waals surface area contributed by atoms with Crippen molar-refractivity contribution in [1.82, 2.24) is 15.1 Å². The summed E-state index contributed by atoms with van der Waals surface area (Å²) in [7, 11) is 1.96. The number of likely N-dealkylation sites (N-methyl/N-ethyl adjacent to an activating group) is 1. The summed E-state index contributed by atoms with van der Waals surface area (Å²) in [5.41, 5.74) is 0. The summed E-state index contributed by atoms with van der Waals surface area (Å²) in [5.74, 6) is 0.336. The lowest BCUT2D eigenvalue weighted by molar-refractivity contribution is -0.141. The summed E-state index contributed by atoms with van der Waals surface area (Å²) in [5, 5.41) is 3.26. The van der Waals surface area contributed by atoms with E-state index < -0.39 is 0 Å². The van der Waals surface area contributed by atoms with Crippen LogP contribution in [0.25, 0.3) is 0 Å². The first-order chi connectivity index (χ1) is 9.11. The van der Waals surface area contributed by atoms with Crippen LogP contribution in [0.5, 0.6) is 0 Å². The Balaban J connectivity index is 1.93. The number of nitrogens with zero attached hydrogens (tertiary/aromatic N) is 2. The second-order valence-electron chi connectivity index (χ2n) is 5.72. The number of amides is 2. The minimum absolute atomic E-state index is 0.00764. The average Bonchev–Trinajstić information content (AvgIpc) is 2.46. The van der Waals surface area contributed by atoms with Crippen LogP contribution in [0.1, 0.15) is 32.6 Å². The summed E-state index contributed by atoms with van der Waals surface area (Å²) in [6.45, 7) is 4.68. The van der Waals surface area contributed by atoms with Crippen LogP contribution in [0.4, 0.5) is 0 Å². The molecule has 1 N–H and O–H groups in total. The van der Waals surface area contributed by atoms with Crippen molar-refractivity contribution in [3.05, 3.63) is 0 Å². The van der Waals surface area contributed by atoms with Gasteiger partial charge in [0.15, 0.2) is 0 Å². The Kier molecular flexibility index (Phi) is 4.80. The highest BCUT2D eigenvalue weighted by Gasteiger charge is 2.32. The molecule has 0 aromatic carbocycles. The van der Waals surface area contributed by atoms with Crippen molar-refractivity contribution in [2.75, 3.05) is 33.2 Å². The van der Waals surface area contributed by atoms with E-state index in [0.29, 0.717) is 12.6 Å². The third kappa shape index (κ3) is 3.47. The van der Waals surface area contributed by atoms with Crippen molar-refractivity contribution in [3.63, 3.8) is 0 Å². The number of hydrogen-bond acceptors (Lipinski definition) is 3. The molecule has 0 aromatic heterocycles. The lowest BCUT2D eigenvalue weighted by atomic mass is 9.95. The molecule has 2 rings (SSSR count). The van der Waals surface area contributed by atoms with Gasteiger partial charge in [-0.2, -0.15) is 0 Å². The molecule has 5 nitrogen and oxygen atoms in total. The summed E-state index contributed by atoms with van der Waals surface area (Å²) in [6, 6.07) is 0.421. The Morgan fingerprint density at radius 2 is 1.74 bits per heavy atom. The molecule has 2 unspecified atom stereocenters. The quantitative estimate of drug-likeness (QED) is 0.790. The Hall–Kier alpha value is -1.10. The zero-order chi connectivity index (χ0) is 13.8. The van der Waals surface area contributed by atoms with Gasteiger partial charge in [0, 0.05) is 39.1 Å². The number of nitrogens with one attached hydrogen (secondary N) is 1. The highest BCUT2D eigenvalue weighted by Crippen LogP contribution is 2.21. The molecule has 2 fully saturated rings. The summed E-state index contributed by atoms with van der Waals surface area (Å²) >= 11 is 0. The molecule has 0 spiro atoms. The zero-order valence-corrected chi connectivity index (χ0v) is 12.0. The summed E-state index contributed by atoms with van der Waals surface area (Å²) in [6.07, 6.45) is 4.08. The number of rotatable bonds is 2. The van der Waals surface area contributed by atoms with Crippen molar-refractivity contribution in [1.29, 1.82) is 0 Å². The number of likely N-dealkylation sites (tertiary alicyclic amines) is 2. The fourth-order valence-corrected chi connectivity index (χ4v) is 3.14. The standard InChI is InChI=1S/C14H25N3O2/c1-11(18)16-7-3-5-12(9-16)14(19)17-8-4-6-13(10-17)15-2/h12-13,15H,3-10H2,1-2H3. The van der Waals surface area contributed by atoms with Crippen molar-refractivity contribution >= 4 is 11.8 Å². The van der Waals surface area contributed by atoms with E-state index in [1.165, 1.54) is 0 Å². The molecular weight excluding hydrogens is 242 g/mol. The van der Waals surface area contributed by atoms with Crippen LogP contribution >= 0.6 is 0 Å². The monoisotopic (exact) mass is 267 g/mol. The molecule has 108 valence electrons. The van der Waals surface area contributed by atoms with Gasteiger partial charge in [-0.3, -0.25) is 9.59 Å². The van der Waals surface area contributed by atoms with Gasteiger partial charge in [-0.15, -0.1) is 0 Å². The van der Waals surface area contributed by atoms with Crippen LogP contribution < -0.4 is 5.32 Å². The van der Waals surface area contributed by atoms with Gasteiger partial charge in [-0.1, -0.05) is 0 Å². The minimum Gasteiger partial charge on any atom is -0.342 e. The highest BCUT2D eigenvalue weighted by atomic mass is 16.2. The van der Waals surface area contributed by atoms with Crippen LogP contribution in [-0.2, 0) is 9.59 Å². The molecule has 2 saturated heterocycles. The molecule has 19 heavy (non-hydrogen) atoms. The highest BCUT2D eigenvalue weighted by molar-refractivity contribution is 5.81. The lowest BCUT2D eigenvalue weighted by Gasteiger charge is -2.38. The predicted octanol–water partition coefficient (Wildman–Crippen LogP) is 0.455. The number of carbonyl (C=O) groups is 2. The van der Waals surface area contributed by atoms with Crippen molar-refractivity contribution in [2.45, 2.75) is 38.6 Å². The fourth-order valence-electron chi connectivity index (χ4n) is 3.14. The molecule has 2 amide bonds. The second-order valence-corrected chi connectivity index (χ2v) is 5.72. The molecule has 2 aliphatic rings. The molecule has 2 heterocycles. The molecular formula is C14H25N3O2. The van der Waals surface area contributed by atoms with Crippen LogP contribution in [0.2, 0.25) is 0 Å². The first kappa shape index (κ1) is 14.3. The van der Waals surface area contributed by atoms with Crippen LogP contribution in [-0.4, -0.2) is 60.9 Å². The average molecular weight is 267 g/mol. The summed E-state index contributed by atoms with van der Waals surface area (Å²) in [4.78, 5) is 27.8. The maximum absolute atomic E-state index is 12.5. The first-order valence-electron chi connectivity index (χ1n) is 7.33. The molecule has 0 aliphatic carbocycles. The van der Waals surface area contributed by atoms with Gasteiger partial charge in [0.05, 0.1) is 5.92 Å². The topological polar surface area (TPSA) is 52.7 Å². The largest absolute Gasteiger partial charge is 0.342 e. The van der Waals surface area contributed by atoms with E-state index in [0.717, 1.165) is 45.3 Å². The minimum atomic E-state index is 0.00764. The number of piperidine rings is 2. The number of carbonyl (C=O) groups excluding carboxylic acids is 2. The third-order valence-electron chi connectivity index (χ3n) is 4.36. The van der Waals surface area contributed by atoms with E-state index in [-0.39, 0.29) is 17.7 Å². The predicted molar refractivity (Wildman–Crippen MR) is 73.6 cm³/mol. The smallest absolute Gasteiger partial charge is 0.227 e. The molecule has 0 aromatic rings. The maximum Gasteiger partial charge on any atom is 0.227 e. The van der Waals surface area contributed by atoms with Crippen LogP contribution in [0.3, 0.4) is 0 Å². The zero-order valence-electron chi connectivity index (χ0n) is 12.0. The van der Waals surface area contributed by atoms with Crippen LogP contribution in [0.15, 0.2) is 0 Å². The van der Waals surface area contributed by atoms with E-state index in [9.17, 15) is 9.59 Å². The Labute approximate surface area is 115 Å². The SMILES string of the molecule is CNC1CCCN(C(=O)C2CCCN(C(C)=O)C2)C1. The molecule has 0 saturated carbocycles. The fraction of sp³-hybridized carbons (Fsp3) is 0.857. The van der Waals surface area contributed by atoms with Crippen molar-refractivity contribution < 1.29 is 9.59 Å². The molecule has 2 aliphatic heterocycles. The van der Waals surface area contributed by atoms with Gasteiger partial charge in [0.2, 0.25) is 11.8 Å². The first-order valence-corrected chi connectivity index (χ1v) is 7.33. The van der Waals surface area contributed by atoms with E-state index in [4.69, 9.17) is 0 Å². The normalized spacial score (nSPS) is 28.3. The van der Waals surface area contributed by atoms with Gasteiger partial charge in [-0.25, -0.2) is 0 Å². The van der Waals surface area contributed by atoms with Gasteiger partial charge in [0.1, 0.15) is 0 Å². The van der Waals surface area contributed by atoms with E-state index >= 15 is 0 Å². The van der Waals surface area contributed by atoms with Crippen LogP contribution in [0, 0.1) is 5.92 Å². The van der Waals surface area contributed by atoms with Gasteiger partial charge in [-0.05, 0) is 32.7 Å². The van der Waals surface area contributed by atoms with E-state index in [1.807, 2.05) is 16.8 Å². The maximum atomic E-state index is 12.5.